The molecule has 0 unspecified atom stereocenters. The maximum Gasteiger partial charge on any atom is 0.164 e. The standard InChI is InChI=1S/C17H25F2N3O.C2H6.CH4O/c1-6-7-10-23-17(4,5)8-9-22-20-15-11(2)13(18)14(19)12(3)16(15)21-22;2*1-2/h6-10H2,1-5H3;1-2H3;2H,1H3. The Morgan fingerprint density at radius 1 is 1.00 bits per heavy atom. The molecule has 0 fully saturated rings. The molecule has 2 aromatic rings. The van der Waals surface area contributed by atoms with Crippen molar-refractivity contribution >= 4 is 11.0 Å². The molecule has 27 heavy (non-hydrogen) atoms. The summed E-state index contributed by atoms with van der Waals surface area (Å²) in [4.78, 5) is 1.51. The van der Waals surface area contributed by atoms with Gasteiger partial charge >= 0.3 is 0 Å². The van der Waals surface area contributed by atoms with Crippen LogP contribution in [-0.2, 0) is 11.3 Å². The van der Waals surface area contributed by atoms with E-state index in [0.29, 0.717) is 17.6 Å². The van der Waals surface area contributed by atoms with Crippen LogP contribution in [0.2, 0.25) is 0 Å². The van der Waals surface area contributed by atoms with Crippen LogP contribution in [0.1, 0.15) is 65.0 Å². The fourth-order valence-electron chi connectivity index (χ4n) is 2.42. The highest BCUT2D eigenvalue weighted by Crippen LogP contribution is 2.25. The summed E-state index contributed by atoms with van der Waals surface area (Å²) >= 11 is 0. The third kappa shape index (κ3) is 6.81. The first-order chi connectivity index (χ1) is 12.8. The summed E-state index contributed by atoms with van der Waals surface area (Å²) in [6.45, 7) is 14.5. The van der Waals surface area contributed by atoms with Crippen LogP contribution in [-0.4, -0.2) is 39.4 Å². The fraction of sp³-hybridized carbons (Fsp3) is 0.700. The van der Waals surface area contributed by atoms with E-state index in [9.17, 15) is 8.78 Å². The number of rotatable bonds is 7. The van der Waals surface area contributed by atoms with E-state index < -0.39 is 11.6 Å². The van der Waals surface area contributed by atoms with Gasteiger partial charge in [0, 0.05) is 24.8 Å². The molecule has 0 aliphatic rings. The minimum absolute atomic E-state index is 0.202. The van der Waals surface area contributed by atoms with Crippen molar-refractivity contribution in [2.45, 2.75) is 79.9 Å². The zero-order chi connectivity index (χ0) is 21.2. The minimum Gasteiger partial charge on any atom is -0.400 e. The third-order valence-electron chi connectivity index (χ3n) is 4.12. The van der Waals surface area contributed by atoms with Gasteiger partial charge in [-0.2, -0.15) is 15.0 Å². The Balaban J connectivity index is 0.00000158. The van der Waals surface area contributed by atoms with Crippen LogP contribution in [0.4, 0.5) is 8.78 Å². The van der Waals surface area contributed by atoms with Gasteiger partial charge in [0.25, 0.3) is 0 Å². The van der Waals surface area contributed by atoms with Gasteiger partial charge in [0.15, 0.2) is 11.6 Å². The topological polar surface area (TPSA) is 60.2 Å². The van der Waals surface area contributed by atoms with Crippen molar-refractivity contribution in [1.82, 2.24) is 15.0 Å². The number of aromatic nitrogens is 3. The van der Waals surface area contributed by atoms with Crippen LogP contribution < -0.4 is 0 Å². The number of aliphatic hydroxyl groups excluding tert-OH is 1. The van der Waals surface area contributed by atoms with Gasteiger partial charge in [-0.25, -0.2) is 8.78 Å². The van der Waals surface area contributed by atoms with Gasteiger partial charge in [-0.15, -0.1) is 0 Å². The van der Waals surface area contributed by atoms with E-state index in [-0.39, 0.29) is 16.7 Å². The molecule has 1 heterocycles. The first kappa shape index (κ1) is 25.4. The molecule has 156 valence electrons. The number of unbranched alkanes of at least 4 members (excludes halogenated alkanes) is 1. The molecule has 0 radical (unpaired) electrons. The lowest BCUT2D eigenvalue weighted by molar-refractivity contribution is -0.0284. The van der Waals surface area contributed by atoms with Gasteiger partial charge in [-0.1, -0.05) is 27.2 Å². The molecule has 1 aromatic heterocycles. The Morgan fingerprint density at radius 2 is 1.44 bits per heavy atom. The second-order valence-corrected chi connectivity index (χ2v) is 6.58. The van der Waals surface area contributed by atoms with Gasteiger partial charge in [-0.05, 0) is 40.5 Å². The molecule has 2 rings (SSSR count). The molecule has 0 spiro atoms. The van der Waals surface area contributed by atoms with Crippen molar-refractivity contribution in [2.75, 3.05) is 13.7 Å². The van der Waals surface area contributed by atoms with E-state index in [1.807, 2.05) is 27.7 Å². The molecule has 0 saturated carbocycles. The first-order valence-corrected chi connectivity index (χ1v) is 9.54. The highest BCUT2D eigenvalue weighted by Gasteiger charge is 2.21. The van der Waals surface area contributed by atoms with Gasteiger partial charge < -0.3 is 9.84 Å². The highest BCUT2D eigenvalue weighted by atomic mass is 19.2. The van der Waals surface area contributed by atoms with E-state index in [4.69, 9.17) is 9.84 Å². The summed E-state index contributed by atoms with van der Waals surface area (Å²) in [6.07, 6.45) is 2.85. The quantitative estimate of drug-likeness (QED) is 0.683. The van der Waals surface area contributed by atoms with E-state index >= 15 is 0 Å². The number of benzene rings is 1. The van der Waals surface area contributed by atoms with Gasteiger partial charge in [0.05, 0.1) is 12.1 Å². The number of aliphatic hydroxyl groups is 1. The third-order valence-corrected chi connectivity index (χ3v) is 4.12. The predicted octanol–water partition coefficient (Wildman–Crippen LogP) is 4.95. The smallest absolute Gasteiger partial charge is 0.164 e. The van der Waals surface area contributed by atoms with Crippen molar-refractivity contribution < 1.29 is 18.6 Å². The molecule has 0 aliphatic carbocycles. The van der Waals surface area contributed by atoms with Crippen molar-refractivity contribution in [3.05, 3.63) is 22.8 Å². The molecule has 1 aromatic carbocycles. The average Bonchev–Trinajstić information content (AvgIpc) is 3.11. The molecule has 1 N–H and O–H groups in total. The van der Waals surface area contributed by atoms with Crippen LogP contribution in [0, 0.1) is 25.5 Å². The second kappa shape index (κ2) is 12.0. The Morgan fingerprint density at radius 3 is 1.85 bits per heavy atom. The van der Waals surface area contributed by atoms with Crippen molar-refractivity contribution in [3.8, 4) is 0 Å². The fourth-order valence-corrected chi connectivity index (χ4v) is 2.42. The van der Waals surface area contributed by atoms with Gasteiger partial charge in [0.1, 0.15) is 11.0 Å². The van der Waals surface area contributed by atoms with Gasteiger partial charge in [0.2, 0.25) is 0 Å². The maximum absolute atomic E-state index is 13.8. The SMILES string of the molecule is CC.CCCCOC(C)(C)CCn1nc2c(C)c(F)c(F)c(C)c2n1.CO. The number of nitrogens with zero attached hydrogens (tertiary/aromatic N) is 3. The number of hydrogen-bond donors (Lipinski definition) is 1. The first-order valence-electron chi connectivity index (χ1n) is 9.54. The number of hydrogen-bond acceptors (Lipinski definition) is 4. The molecule has 0 amide bonds. The van der Waals surface area contributed by atoms with E-state index in [2.05, 4.69) is 17.1 Å². The van der Waals surface area contributed by atoms with Gasteiger partial charge in [-0.3, -0.25) is 0 Å². The lowest BCUT2D eigenvalue weighted by atomic mass is 10.1. The summed E-state index contributed by atoms with van der Waals surface area (Å²) in [5.41, 5.74) is 0.966. The molecular weight excluding hydrogens is 352 g/mol. The molecular formula is C20H35F2N3O2. The van der Waals surface area contributed by atoms with Crippen LogP contribution >= 0.6 is 0 Å². The maximum atomic E-state index is 13.8. The predicted molar refractivity (Wildman–Crippen MR) is 106 cm³/mol. The number of aryl methyl sites for hydroxylation is 3. The Labute approximate surface area is 161 Å². The average molecular weight is 388 g/mol. The number of halogens is 2. The summed E-state index contributed by atoms with van der Waals surface area (Å²) < 4.78 is 33.5. The summed E-state index contributed by atoms with van der Waals surface area (Å²) in [5, 5.41) is 15.6. The molecule has 0 atom stereocenters. The van der Waals surface area contributed by atoms with Crippen LogP contribution in [0.5, 0.6) is 0 Å². The van der Waals surface area contributed by atoms with Crippen LogP contribution in [0.3, 0.4) is 0 Å². The Hall–Kier alpha value is -1.60. The molecule has 0 bridgehead atoms. The van der Waals surface area contributed by atoms with Crippen molar-refractivity contribution in [3.63, 3.8) is 0 Å². The number of ether oxygens (including phenoxy) is 1. The highest BCUT2D eigenvalue weighted by molar-refractivity contribution is 5.81. The normalized spacial score (nSPS) is 10.9. The Bertz CT molecular complexity index is 655. The zero-order valence-electron chi connectivity index (χ0n) is 18.0. The lowest BCUT2D eigenvalue weighted by Crippen LogP contribution is -2.27. The Kier molecular flexibility index (Phi) is 11.3. The number of fused-ring (bicyclic) bond motifs is 1. The van der Waals surface area contributed by atoms with Crippen molar-refractivity contribution in [2.24, 2.45) is 0 Å². The summed E-state index contributed by atoms with van der Waals surface area (Å²) in [5.74, 6) is -1.68. The zero-order valence-corrected chi connectivity index (χ0v) is 18.0. The van der Waals surface area contributed by atoms with E-state index in [1.54, 1.807) is 0 Å². The van der Waals surface area contributed by atoms with E-state index in [0.717, 1.165) is 33.0 Å². The van der Waals surface area contributed by atoms with E-state index in [1.165, 1.54) is 18.6 Å². The largest absolute Gasteiger partial charge is 0.400 e. The van der Waals surface area contributed by atoms with Crippen LogP contribution in [0.15, 0.2) is 0 Å². The second-order valence-electron chi connectivity index (χ2n) is 6.58. The minimum atomic E-state index is -0.842. The molecule has 0 saturated heterocycles. The molecule has 5 nitrogen and oxygen atoms in total. The van der Waals surface area contributed by atoms with Crippen molar-refractivity contribution in [1.29, 1.82) is 0 Å². The monoisotopic (exact) mass is 387 g/mol. The van der Waals surface area contributed by atoms with Crippen LogP contribution in [0.25, 0.3) is 11.0 Å². The molecule has 7 heteroatoms. The summed E-state index contributed by atoms with van der Waals surface area (Å²) in [7, 11) is 1.00. The molecule has 0 aliphatic heterocycles. The lowest BCUT2D eigenvalue weighted by Gasteiger charge is -2.25. The summed E-state index contributed by atoms with van der Waals surface area (Å²) in [6, 6.07) is 0.